The summed E-state index contributed by atoms with van der Waals surface area (Å²) in [7, 11) is 0. The van der Waals surface area contributed by atoms with E-state index in [1.807, 2.05) is 23.4 Å². The molecule has 6 nitrogen and oxygen atoms in total. The molecule has 4 aromatic rings. The van der Waals surface area contributed by atoms with Crippen molar-refractivity contribution >= 4 is 5.91 Å². The van der Waals surface area contributed by atoms with Gasteiger partial charge in [0.1, 0.15) is 11.5 Å². The summed E-state index contributed by atoms with van der Waals surface area (Å²) in [6, 6.07) is 20.8. The van der Waals surface area contributed by atoms with E-state index in [0.717, 1.165) is 49.4 Å². The summed E-state index contributed by atoms with van der Waals surface area (Å²) < 4.78 is 22.0. The van der Waals surface area contributed by atoms with Crippen LogP contribution in [-0.2, 0) is 6.54 Å². The molecule has 190 valence electrons. The SMILES string of the molecule is O=C(c1ccc(-c2c(-c3ccc(F)cc3)ncn2C2CCCC2)o1)N1CCN(Cc2ccccc2)CC1. The highest BCUT2D eigenvalue weighted by Crippen LogP contribution is 2.39. The van der Waals surface area contributed by atoms with Crippen LogP contribution >= 0.6 is 0 Å². The fourth-order valence-electron chi connectivity index (χ4n) is 5.57. The number of hydrogen-bond donors (Lipinski definition) is 0. The van der Waals surface area contributed by atoms with Crippen molar-refractivity contribution in [2.45, 2.75) is 38.3 Å². The molecule has 0 N–H and O–H groups in total. The maximum absolute atomic E-state index is 13.6. The third-order valence-electron chi connectivity index (χ3n) is 7.59. The van der Waals surface area contributed by atoms with E-state index in [1.165, 1.54) is 30.5 Å². The van der Waals surface area contributed by atoms with Gasteiger partial charge >= 0.3 is 0 Å². The molecule has 3 heterocycles. The number of imidazole rings is 1. The minimum Gasteiger partial charge on any atom is -0.449 e. The van der Waals surface area contributed by atoms with Crippen LogP contribution < -0.4 is 0 Å². The number of halogens is 1. The summed E-state index contributed by atoms with van der Waals surface area (Å²) in [6.45, 7) is 3.89. The van der Waals surface area contributed by atoms with Gasteiger partial charge < -0.3 is 13.9 Å². The Labute approximate surface area is 216 Å². The van der Waals surface area contributed by atoms with E-state index in [1.54, 1.807) is 18.2 Å². The van der Waals surface area contributed by atoms with E-state index >= 15 is 0 Å². The number of benzene rings is 2. The lowest BCUT2D eigenvalue weighted by Gasteiger charge is -2.34. The largest absolute Gasteiger partial charge is 0.449 e. The van der Waals surface area contributed by atoms with E-state index in [-0.39, 0.29) is 11.7 Å². The van der Waals surface area contributed by atoms with Gasteiger partial charge in [0.25, 0.3) is 5.91 Å². The Morgan fingerprint density at radius 1 is 0.919 bits per heavy atom. The van der Waals surface area contributed by atoms with Crippen LogP contribution in [0.25, 0.3) is 22.7 Å². The Kier molecular flexibility index (Phi) is 6.62. The van der Waals surface area contributed by atoms with Crippen LogP contribution in [0.5, 0.6) is 0 Å². The molecule has 0 spiro atoms. The molecule has 2 fully saturated rings. The number of rotatable bonds is 6. The Morgan fingerprint density at radius 2 is 1.65 bits per heavy atom. The van der Waals surface area contributed by atoms with Gasteiger partial charge in [0.05, 0.1) is 12.0 Å². The molecule has 2 aromatic carbocycles. The molecular formula is C30H31FN4O2. The minimum atomic E-state index is -0.282. The van der Waals surface area contributed by atoms with E-state index < -0.39 is 0 Å². The van der Waals surface area contributed by atoms with Crippen molar-refractivity contribution < 1.29 is 13.6 Å². The maximum Gasteiger partial charge on any atom is 0.289 e. The molecule has 1 aliphatic carbocycles. The van der Waals surface area contributed by atoms with E-state index in [0.29, 0.717) is 30.7 Å². The Bertz CT molecular complexity index is 1350. The van der Waals surface area contributed by atoms with E-state index in [2.05, 4.69) is 33.7 Å². The number of furan rings is 1. The Morgan fingerprint density at radius 3 is 2.38 bits per heavy atom. The number of hydrogen-bond acceptors (Lipinski definition) is 4. The van der Waals surface area contributed by atoms with Gasteiger partial charge in [-0.05, 0) is 54.8 Å². The zero-order valence-electron chi connectivity index (χ0n) is 20.9. The predicted molar refractivity (Wildman–Crippen MR) is 140 cm³/mol. The molecule has 0 radical (unpaired) electrons. The van der Waals surface area contributed by atoms with Crippen LogP contribution in [0.3, 0.4) is 0 Å². The molecule has 1 amide bonds. The van der Waals surface area contributed by atoms with Crippen molar-refractivity contribution in [3.63, 3.8) is 0 Å². The molecule has 0 bridgehead atoms. The summed E-state index contributed by atoms with van der Waals surface area (Å²) in [6.07, 6.45) is 6.41. The molecule has 2 aromatic heterocycles. The van der Waals surface area contributed by atoms with Crippen LogP contribution in [-0.4, -0.2) is 51.4 Å². The van der Waals surface area contributed by atoms with E-state index in [4.69, 9.17) is 9.40 Å². The standard InChI is InChI=1S/C30H31FN4O2/c31-24-12-10-23(11-13-24)28-29(35(21-32-28)25-8-4-5-9-25)26-14-15-27(37-26)30(36)34-18-16-33(17-19-34)20-22-6-2-1-3-7-22/h1-3,6-7,10-15,21,25H,4-5,8-9,16-20H2. The van der Waals surface area contributed by atoms with Gasteiger partial charge in [-0.15, -0.1) is 0 Å². The molecule has 7 heteroatoms. The lowest BCUT2D eigenvalue weighted by Crippen LogP contribution is -2.48. The van der Waals surface area contributed by atoms with Crippen molar-refractivity contribution in [2.24, 2.45) is 0 Å². The van der Waals surface area contributed by atoms with Crippen molar-refractivity contribution in [1.29, 1.82) is 0 Å². The fourth-order valence-corrected chi connectivity index (χ4v) is 5.57. The summed E-state index contributed by atoms with van der Waals surface area (Å²) in [5, 5.41) is 0. The number of nitrogens with zero attached hydrogens (tertiary/aromatic N) is 4. The quantitative estimate of drug-likeness (QED) is 0.326. The lowest BCUT2D eigenvalue weighted by molar-refractivity contribution is 0.0598. The predicted octanol–water partition coefficient (Wildman–Crippen LogP) is 6.02. The van der Waals surface area contributed by atoms with Gasteiger partial charge in [0.2, 0.25) is 0 Å². The highest BCUT2D eigenvalue weighted by molar-refractivity contribution is 5.92. The smallest absolute Gasteiger partial charge is 0.289 e. The molecule has 0 atom stereocenters. The highest BCUT2D eigenvalue weighted by atomic mass is 19.1. The Balaban J connectivity index is 1.21. The summed E-state index contributed by atoms with van der Waals surface area (Å²) >= 11 is 0. The van der Waals surface area contributed by atoms with Gasteiger partial charge in [0, 0.05) is 44.3 Å². The van der Waals surface area contributed by atoms with Gasteiger partial charge in [0.15, 0.2) is 11.5 Å². The molecule has 37 heavy (non-hydrogen) atoms. The zero-order chi connectivity index (χ0) is 25.2. The van der Waals surface area contributed by atoms with Gasteiger partial charge in [-0.2, -0.15) is 0 Å². The maximum atomic E-state index is 13.6. The number of carbonyl (C=O) groups excluding carboxylic acids is 1. The normalized spacial score (nSPS) is 16.9. The molecule has 0 unspecified atom stereocenters. The first-order chi connectivity index (χ1) is 18.2. The van der Waals surface area contributed by atoms with Crippen LogP contribution in [0.1, 0.15) is 47.8 Å². The second kappa shape index (κ2) is 10.3. The Hall–Kier alpha value is -3.71. The number of piperazine rings is 1. The molecule has 1 saturated carbocycles. The van der Waals surface area contributed by atoms with Crippen LogP contribution in [0.4, 0.5) is 4.39 Å². The first-order valence-corrected chi connectivity index (χ1v) is 13.1. The number of amides is 1. The van der Waals surface area contributed by atoms with Crippen LogP contribution in [0.15, 0.2) is 77.5 Å². The summed E-state index contributed by atoms with van der Waals surface area (Å²) in [4.78, 5) is 22.3. The van der Waals surface area contributed by atoms with Gasteiger partial charge in [-0.1, -0.05) is 43.2 Å². The van der Waals surface area contributed by atoms with Crippen molar-refractivity contribution in [3.8, 4) is 22.7 Å². The second-order valence-corrected chi connectivity index (χ2v) is 10.0. The average molecular weight is 499 g/mol. The average Bonchev–Trinajstić information content (AvgIpc) is 3.70. The van der Waals surface area contributed by atoms with Crippen molar-refractivity contribution in [2.75, 3.05) is 26.2 Å². The third kappa shape index (κ3) is 4.96. The lowest BCUT2D eigenvalue weighted by atomic mass is 10.1. The van der Waals surface area contributed by atoms with Gasteiger partial charge in [-0.3, -0.25) is 9.69 Å². The van der Waals surface area contributed by atoms with Crippen molar-refractivity contribution in [1.82, 2.24) is 19.4 Å². The third-order valence-corrected chi connectivity index (χ3v) is 7.59. The van der Waals surface area contributed by atoms with Crippen molar-refractivity contribution in [3.05, 3.63) is 90.2 Å². The molecule has 1 aliphatic heterocycles. The summed E-state index contributed by atoms with van der Waals surface area (Å²) in [5.41, 5.74) is 3.71. The monoisotopic (exact) mass is 498 g/mol. The molecule has 6 rings (SSSR count). The van der Waals surface area contributed by atoms with E-state index in [9.17, 15) is 9.18 Å². The fraction of sp³-hybridized carbons (Fsp3) is 0.333. The minimum absolute atomic E-state index is 0.0825. The van der Waals surface area contributed by atoms with Crippen LogP contribution in [0.2, 0.25) is 0 Å². The highest BCUT2D eigenvalue weighted by Gasteiger charge is 2.28. The van der Waals surface area contributed by atoms with Gasteiger partial charge in [-0.25, -0.2) is 9.37 Å². The molecule has 2 aliphatic rings. The second-order valence-electron chi connectivity index (χ2n) is 10.0. The summed E-state index contributed by atoms with van der Waals surface area (Å²) in [5.74, 6) is 0.599. The first-order valence-electron chi connectivity index (χ1n) is 13.1. The zero-order valence-corrected chi connectivity index (χ0v) is 20.9. The van der Waals surface area contributed by atoms with Crippen LogP contribution in [0, 0.1) is 5.82 Å². The number of carbonyl (C=O) groups is 1. The number of aromatic nitrogens is 2. The molecule has 1 saturated heterocycles. The molecular weight excluding hydrogens is 467 g/mol. The topological polar surface area (TPSA) is 54.5 Å². The first kappa shape index (κ1) is 23.7.